The summed E-state index contributed by atoms with van der Waals surface area (Å²) in [5.74, 6) is -1.16. The first-order valence-corrected chi connectivity index (χ1v) is 6.97. The molecular weight excluding hydrogens is 330 g/mol. The molecule has 0 radical (unpaired) electrons. The summed E-state index contributed by atoms with van der Waals surface area (Å²) in [4.78, 5) is 24.5. The largest absolute Gasteiger partial charge is 1.00 e. The molecule has 3 rings (SSSR count). The number of benzene rings is 1. The summed E-state index contributed by atoms with van der Waals surface area (Å²) in [5.41, 5.74) is -0.491. The lowest BCUT2D eigenvalue weighted by Crippen LogP contribution is -3.00. The van der Waals surface area contributed by atoms with Crippen molar-refractivity contribution in [3.8, 4) is 17.1 Å². The highest BCUT2D eigenvalue weighted by Gasteiger charge is 2.21. The molecular formula is C17H13ClN3O3-. The van der Waals surface area contributed by atoms with Crippen molar-refractivity contribution in [1.82, 2.24) is 9.78 Å². The van der Waals surface area contributed by atoms with Crippen LogP contribution in [-0.2, 0) is 0 Å². The maximum Gasteiger partial charge on any atom is 0.343 e. The number of Topliss-reactive ketones (excluding diaryl/α,β-unsaturated/α-hetero) is 1. The van der Waals surface area contributed by atoms with E-state index in [2.05, 4.69) is 5.10 Å². The average molecular weight is 343 g/mol. The Morgan fingerprint density at radius 3 is 2.25 bits per heavy atom. The Morgan fingerprint density at radius 2 is 1.67 bits per heavy atom. The maximum absolute atomic E-state index is 12.7. The molecule has 0 amide bonds. The van der Waals surface area contributed by atoms with Gasteiger partial charge in [-0.3, -0.25) is 9.59 Å². The number of carbonyl (C=O) groups excluding carboxylic acids is 1. The molecule has 0 bridgehead atoms. The van der Waals surface area contributed by atoms with Crippen LogP contribution in [0.15, 0.2) is 65.7 Å². The average Bonchev–Trinajstić information content (AvgIpc) is 2.56. The number of aromatic nitrogens is 3. The predicted molar refractivity (Wildman–Crippen MR) is 80.8 cm³/mol. The summed E-state index contributed by atoms with van der Waals surface area (Å²) in [6.45, 7) is 1.25. The molecule has 0 saturated carbocycles. The van der Waals surface area contributed by atoms with Gasteiger partial charge in [-0.25, -0.2) is 0 Å². The standard InChI is InChI=1S/C17H13N3O3.ClH/c1-12(21)14-16(22)15(19-10-6-3-7-11-19)17(23)20(18-14)13-8-4-2-5-9-13;/h2-11H,1H3;1H/p-1. The third-order valence-electron chi connectivity index (χ3n) is 3.33. The van der Waals surface area contributed by atoms with Crippen LogP contribution in [-0.4, -0.2) is 15.6 Å². The summed E-state index contributed by atoms with van der Waals surface area (Å²) in [7, 11) is 0. The fourth-order valence-corrected chi connectivity index (χ4v) is 2.25. The van der Waals surface area contributed by atoms with Crippen molar-refractivity contribution in [3.05, 3.63) is 77.0 Å². The van der Waals surface area contributed by atoms with Gasteiger partial charge in [-0.05, 0) is 12.1 Å². The lowest BCUT2D eigenvalue weighted by Gasteiger charge is -2.14. The van der Waals surface area contributed by atoms with Gasteiger partial charge in [0.1, 0.15) is 5.69 Å². The fourth-order valence-electron chi connectivity index (χ4n) is 2.25. The SMILES string of the molecule is CC(=O)c1nn(-c2ccccc2)c(=O)c(-[n+]2ccccc2)c1[O-].[Cl-]. The van der Waals surface area contributed by atoms with Crippen molar-refractivity contribution in [2.75, 3.05) is 0 Å². The van der Waals surface area contributed by atoms with E-state index in [-0.39, 0.29) is 23.8 Å². The topological polar surface area (TPSA) is 78.9 Å². The van der Waals surface area contributed by atoms with Crippen LogP contribution < -0.4 is 27.6 Å². The van der Waals surface area contributed by atoms with E-state index in [1.54, 1.807) is 60.9 Å². The van der Waals surface area contributed by atoms with Crippen LogP contribution in [0.3, 0.4) is 0 Å². The van der Waals surface area contributed by atoms with Gasteiger partial charge in [0, 0.05) is 24.8 Å². The summed E-state index contributed by atoms with van der Waals surface area (Å²) >= 11 is 0. The van der Waals surface area contributed by atoms with Crippen LogP contribution in [0.25, 0.3) is 11.4 Å². The van der Waals surface area contributed by atoms with Crippen molar-refractivity contribution >= 4 is 5.78 Å². The first-order chi connectivity index (χ1) is 11.1. The van der Waals surface area contributed by atoms with Crippen molar-refractivity contribution in [2.45, 2.75) is 6.92 Å². The van der Waals surface area contributed by atoms with E-state index in [1.807, 2.05) is 0 Å². The fraction of sp³-hybridized carbons (Fsp3) is 0.0588. The van der Waals surface area contributed by atoms with Gasteiger partial charge in [-0.2, -0.15) is 14.3 Å². The van der Waals surface area contributed by atoms with E-state index in [9.17, 15) is 14.7 Å². The Kier molecular flexibility index (Phi) is 5.11. The molecule has 0 spiro atoms. The molecule has 0 unspecified atom stereocenters. The Bertz CT molecular complexity index is 925. The van der Waals surface area contributed by atoms with Gasteiger partial charge in [0.2, 0.25) is 0 Å². The van der Waals surface area contributed by atoms with Gasteiger partial charge >= 0.3 is 5.56 Å². The molecule has 0 saturated heterocycles. The Labute approximate surface area is 144 Å². The minimum absolute atomic E-state index is 0. The third-order valence-corrected chi connectivity index (χ3v) is 3.33. The second-order valence-electron chi connectivity index (χ2n) is 4.92. The molecule has 122 valence electrons. The van der Waals surface area contributed by atoms with Crippen LogP contribution >= 0.6 is 0 Å². The molecule has 0 N–H and O–H groups in total. The number of nitrogens with zero attached hydrogens (tertiary/aromatic N) is 3. The Balaban J connectivity index is 0.00000208. The van der Waals surface area contributed by atoms with Gasteiger partial charge in [0.15, 0.2) is 18.2 Å². The second kappa shape index (κ2) is 7.06. The number of ketones is 1. The molecule has 3 aromatic rings. The number of para-hydroxylation sites is 1. The Hall–Kier alpha value is -2.99. The number of halogens is 1. The van der Waals surface area contributed by atoms with Crippen molar-refractivity contribution in [3.63, 3.8) is 0 Å². The van der Waals surface area contributed by atoms with Gasteiger partial charge in [0.25, 0.3) is 5.69 Å². The Morgan fingerprint density at radius 1 is 1.08 bits per heavy atom. The third kappa shape index (κ3) is 3.04. The zero-order valence-corrected chi connectivity index (χ0v) is 13.5. The molecule has 1 aromatic carbocycles. The zero-order chi connectivity index (χ0) is 16.4. The molecule has 7 heteroatoms. The van der Waals surface area contributed by atoms with E-state index in [1.165, 1.54) is 11.5 Å². The molecule has 0 atom stereocenters. The minimum Gasteiger partial charge on any atom is -1.00 e. The van der Waals surface area contributed by atoms with Gasteiger partial charge < -0.3 is 17.5 Å². The smallest absolute Gasteiger partial charge is 0.343 e. The number of hydrogen-bond donors (Lipinski definition) is 0. The molecule has 0 aliphatic carbocycles. The van der Waals surface area contributed by atoms with Gasteiger partial charge in [-0.1, -0.05) is 24.3 Å². The molecule has 0 fully saturated rings. The minimum atomic E-state index is -0.675. The highest BCUT2D eigenvalue weighted by atomic mass is 35.5. The number of carbonyl (C=O) groups is 1. The first-order valence-electron chi connectivity index (χ1n) is 6.97. The van der Waals surface area contributed by atoms with E-state index >= 15 is 0 Å². The van der Waals surface area contributed by atoms with Crippen LogP contribution in [0, 0.1) is 0 Å². The lowest BCUT2D eigenvalue weighted by atomic mass is 10.2. The summed E-state index contributed by atoms with van der Waals surface area (Å²) in [6.07, 6.45) is 3.16. The molecule has 6 nitrogen and oxygen atoms in total. The van der Waals surface area contributed by atoms with Crippen molar-refractivity contribution in [1.29, 1.82) is 0 Å². The molecule has 24 heavy (non-hydrogen) atoms. The molecule has 0 aliphatic rings. The van der Waals surface area contributed by atoms with Crippen LogP contribution in [0.4, 0.5) is 0 Å². The highest BCUT2D eigenvalue weighted by Crippen LogP contribution is 2.16. The van der Waals surface area contributed by atoms with Crippen molar-refractivity contribution in [2.24, 2.45) is 0 Å². The number of pyridine rings is 1. The van der Waals surface area contributed by atoms with Crippen LogP contribution in [0.2, 0.25) is 0 Å². The summed E-state index contributed by atoms with van der Waals surface area (Å²) in [6, 6.07) is 13.8. The molecule has 2 heterocycles. The van der Waals surface area contributed by atoms with Crippen LogP contribution in [0.5, 0.6) is 5.75 Å². The normalized spacial score (nSPS) is 10.0. The van der Waals surface area contributed by atoms with Crippen LogP contribution in [0.1, 0.15) is 17.4 Å². The summed E-state index contributed by atoms with van der Waals surface area (Å²) < 4.78 is 2.48. The van der Waals surface area contributed by atoms with Crippen molar-refractivity contribution < 1.29 is 26.9 Å². The number of hydrogen-bond acceptors (Lipinski definition) is 4. The zero-order valence-electron chi connectivity index (χ0n) is 12.7. The van der Waals surface area contributed by atoms with E-state index in [4.69, 9.17) is 0 Å². The van der Waals surface area contributed by atoms with Gasteiger partial charge in [0.05, 0.1) is 5.69 Å². The second-order valence-corrected chi connectivity index (χ2v) is 4.92. The lowest BCUT2D eigenvalue weighted by molar-refractivity contribution is -0.601. The monoisotopic (exact) mass is 342 g/mol. The summed E-state index contributed by atoms with van der Waals surface area (Å²) in [5, 5.41) is 16.5. The number of rotatable bonds is 3. The first kappa shape index (κ1) is 17.4. The predicted octanol–water partition coefficient (Wildman–Crippen LogP) is -2.21. The molecule has 2 aromatic heterocycles. The highest BCUT2D eigenvalue weighted by molar-refractivity contribution is 5.95. The maximum atomic E-state index is 12.7. The molecule has 0 aliphatic heterocycles. The van der Waals surface area contributed by atoms with E-state index in [0.29, 0.717) is 5.69 Å². The quantitative estimate of drug-likeness (QED) is 0.399. The van der Waals surface area contributed by atoms with Gasteiger partial charge in [-0.15, -0.1) is 0 Å². The van der Waals surface area contributed by atoms with E-state index < -0.39 is 17.1 Å². The van der Waals surface area contributed by atoms with E-state index in [0.717, 1.165) is 4.68 Å².